The molecule has 0 aromatic heterocycles. The number of hydrogen-bond acceptors (Lipinski definition) is 3. The molecule has 0 saturated heterocycles. The molecule has 1 N–H and O–H groups in total. The summed E-state index contributed by atoms with van der Waals surface area (Å²) in [6, 6.07) is 17.9. The molecule has 3 aromatic carbocycles. The third-order valence-corrected chi connectivity index (χ3v) is 4.11. The number of phenols is 1. The Kier molecular flexibility index (Phi) is 4.74. The van der Waals surface area contributed by atoms with E-state index in [1.165, 1.54) is 12.1 Å². The maximum Gasteiger partial charge on any atom is 0.193 e. The van der Waals surface area contributed by atoms with E-state index in [0.29, 0.717) is 32.7 Å². The van der Waals surface area contributed by atoms with Crippen LogP contribution in [0.3, 0.4) is 0 Å². The van der Waals surface area contributed by atoms with E-state index in [2.05, 4.69) is 0 Å². The largest absolute Gasteiger partial charge is 0.508 e. The number of rotatable bonds is 4. The monoisotopic (exact) mass is 358 g/mol. The lowest BCUT2D eigenvalue weighted by molar-refractivity contribution is 0.103. The molecule has 0 aliphatic rings. The number of phenolic OH excluding ortho intramolecular Hbond substituents is 1. The number of carbonyl (C=O) groups excluding carboxylic acids is 1. The molecule has 0 aliphatic carbocycles. The zero-order valence-electron chi connectivity index (χ0n) is 12.4. The highest BCUT2D eigenvalue weighted by Gasteiger charge is 2.11. The van der Waals surface area contributed by atoms with Crippen LogP contribution in [0.1, 0.15) is 15.9 Å². The fourth-order valence-corrected chi connectivity index (χ4v) is 2.43. The van der Waals surface area contributed by atoms with Gasteiger partial charge in [-0.25, -0.2) is 0 Å². The van der Waals surface area contributed by atoms with E-state index >= 15 is 0 Å². The zero-order chi connectivity index (χ0) is 17.1. The van der Waals surface area contributed by atoms with Crippen LogP contribution in [0.25, 0.3) is 0 Å². The smallest absolute Gasteiger partial charge is 0.193 e. The van der Waals surface area contributed by atoms with Crippen LogP contribution in [0.2, 0.25) is 10.0 Å². The van der Waals surface area contributed by atoms with Gasteiger partial charge in [0, 0.05) is 11.1 Å². The topological polar surface area (TPSA) is 46.5 Å². The summed E-state index contributed by atoms with van der Waals surface area (Å²) in [4.78, 5) is 12.4. The van der Waals surface area contributed by atoms with Gasteiger partial charge in [-0.05, 0) is 66.7 Å². The van der Waals surface area contributed by atoms with Crippen molar-refractivity contribution in [3.8, 4) is 17.2 Å². The van der Waals surface area contributed by atoms with Crippen molar-refractivity contribution < 1.29 is 14.6 Å². The lowest BCUT2D eigenvalue weighted by atomic mass is 10.0. The summed E-state index contributed by atoms with van der Waals surface area (Å²) < 4.78 is 5.65. The molecular formula is C19H12Cl2O3. The SMILES string of the molecule is O=C(c1ccc(Oc2ccc(O)cc2)cc1)c1ccc(Cl)c(Cl)c1. The van der Waals surface area contributed by atoms with Crippen molar-refractivity contribution in [2.75, 3.05) is 0 Å². The van der Waals surface area contributed by atoms with Crippen molar-refractivity contribution in [1.29, 1.82) is 0 Å². The summed E-state index contributed by atoms with van der Waals surface area (Å²) >= 11 is 11.8. The molecule has 0 bridgehead atoms. The van der Waals surface area contributed by atoms with Gasteiger partial charge in [0.2, 0.25) is 0 Å². The molecule has 0 fully saturated rings. The van der Waals surface area contributed by atoms with Crippen LogP contribution < -0.4 is 4.74 Å². The fraction of sp³-hybridized carbons (Fsp3) is 0. The second-order valence-corrected chi connectivity index (χ2v) is 5.89. The maximum absolute atomic E-state index is 12.4. The van der Waals surface area contributed by atoms with Crippen LogP contribution in [0.5, 0.6) is 17.2 Å². The first-order valence-corrected chi connectivity index (χ1v) is 7.85. The van der Waals surface area contributed by atoms with E-state index in [1.54, 1.807) is 54.6 Å². The predicted molar refractivity (Wildman–Crippen MR) is 94.5 cm³/mol. The van der Waals surface area contributed by atoms with Gasteiger partial charge in [-0.2, -0.15) is 0 Å². The van der Waals surface area contributed by atoms with E-state index in [9.17, 15) is 9.90 Å². The average Bonchev–Trinajstić information content (AvgIpc) is 2.59. The highest BCUT2D eigenvalue weighted by atomic mass is 35.5. The highest BCUT2D eigenvalue weighted by molar-refractivity contribution is 6.42. The van der Waals surface area contributed by atoms with Crippen LogP contribution >= 0.6 is 23.2 Å². The van der Waals surface area contributed by atoms with Crippen LogP contribution in [-0.4, -0.2) is 10.9 Å². The first kappa shape index (κ1) is 16.4. The molecule has 24 heavy (non-hydrogen) atoms. The van der Waals surface area contributed by atoms with Gasteiger partial charge in [0.05, 0.1) is 10.0 Å². The lowest BCUT2D eigenvalue weighted by Crippen LogP contribution is -2.01. The second-order valence-electron chi connectivity index (χ2n) is 5.08. The number of hydrogen-bond donors (Lipinski definition) is 1. The lowest BCUT2D eigenvalue weighted by Gasteiger charge is -2.07. The van der Waals surface area contributed by atoms with Gasteiger partial charge < -0.3 is 9.84 Å². The third-order valence-electron chi connectivity index (χ3n) is 3.37. The summed E-state index contributed by atoms with van der Waals surface area (Å²) in [5, 5.41) is 10.0. The van der Waals surface area contributed by atoms with Crippen LogP contribution in [-0.2, 0) is 0 Å². The standard InChI is InChI=1S/C19H12Cl2O3/c20-17-10-3-13(11-18(17)21)19(23)12-1-6-15(7-2-12)24-16-8-4-14(22)5-9-16/h1-11,22H. The molecule has 3 nitrogen and oxygen atoms in total. The van der Waals surface area contributed by atoms with Gasteiger partial charge in [-0.1, -0.05) is 23.2 Å². The quantitative estimate of drug-likeness (QED) is 0.606. The number of aromatic hydroxyl groups is 1. The van der Waals surface area contributed by atoms with Crippen molar-refractivity contribution in [1.82, 2.24) is 0 Å². The summed E-state index contributed by atoms with van der Waals surface area (Å²) in [5.74, 6) is 1.21. The molecule has 3 aromatic rings. The Morgan fingerprint density at radius 1 is 0.750 bits per heavy atom. The van der Waals surface area contributed by atoms with Crippen molar-refractivity contribution in [2.45, 2.75) is 0 Å². The molecule has 120 valence electrons. The Morgan fingerprint density at radius 3 is 1.88 bits per heavy atom. The molecule has 0 saturated carbocycles. The normalized spacial score (nSPS) is 10.4. The zero-order valence-corrected chi connectivity index (χ0v) is 13.9. The second kappa shape index (κ2) is 6.95. The fourth-order valence-electron chi connectivity index (χ4n) is 2.13. The van der Waals surface area contributed by atoms with Gasteiger partial charge in [0.1, 0.15) is 17.2 Å². The van der Waals surface area contributed by atoms with Crippen molar-refractivity contribution >= 4 is 29.0 Å². The Balaban J connectivity index is 1.77. The molecule has 0 amide bonds. The van der Waals surface area contributed by atoms with E-state index in [-0.39, 0.29) is 11.5 Å². The van der Waals surface area contributed by atoms with E-state index in [0.717, 1.165) is 0 Å². The summed E-state index contributed by atoms with van der Waals surface area (Å²) in [6.07, 6.45) is 0. The molecule has 3 rings (SSSR count). The Morgan fingerprint density at radius 2 is 1.29 bits per heavy atom. The Hall–Kier alpha value is -2.49. The van der Waals surface area contributed by atoms with Crippen LogP contribution in [0.4, 0.5) is 0 Å². The molecular weight excluding hydrogens is 347 g/mol. The van der Waals surface area contributed by atoms with E-state index in [4.69, 9.17) is 27.9 Å². The van der Waals surface area contributed by atoms with E-state index < -0.39 is 0 Å². The van der Waals surface area contributed by atoms with Gasteiger partial charge in [0.25, 0.3) is 0 Å². The Bertz CT molecular complexity index is 872. The first-order chi connectivity index (χ1) is 11.5. The van der Waals surface area contributed by atoms with Gasteiger partial charge in [0.15, 0.2) is 5.78 Å². The average molecular weight is 359 g/mol. The predicted octanol–water partition coefficient (Wildman–Crippen LogP) is 5.72. The van der Waals surface area contributed by atoms with Gasteiger partial charge in [-0.3, -0.25) is 4.79 Å². The summed E-state index contributed by atoms with van der Waals surface area (Å²) in [6.45, 7) is 0. The molecule has 5 heteroatoms. The minimum atomic E-state index is -0.148. The third kappa shape index (κ3) is 3.70. The van der Waals surface area contributed by atoms with E-state index in [1.807, 2.05) is 0 Å². The molecule has 0 radical (unpaired) electrons. The number of halogens is 2. The summed E-state index contributed by atoms with van der Waals surface area (Å²) in [7, 11) is 0. The van der Waals surface area contributed by atoms with Gasteiger partial charge >= 0.3 is 0 Å². The summed E-state index contributed by atoms with van der Waals surface area (Å²) in [5.41, 5.74) is 0.989. The number of carbonyl (C=O) groups is 1. The molecule has 0 unspecified atom stereocenters. The highest BCUT2D eigenvalue weighted by Crippen LogP contribution is 2.26. The Labute approximate surface area is 149 Å². The molecule has 0 heterocycles. The molecule has 0 aliphatic heterocycles. The minimum absolute atomic E-state index is 0.148. The molecule has 0 spiro atoms. The number of benzene rings is 3. The van der Waals surface area contributed by atoms with Crippen molar-refractivity contribution in [3.05, 3.63) is 87.9 Å². The first-order valence-electron chi connectivity index (χ1n) is 7.09. The maximum atomic E-state index is 12.4. The minimum Gasteiger partial charge on any atom is -0.508 e. The van der Waals surface area contributed by atoms with Crippen molar-refractivity contribution in [3.63, 3.8) is 0 Å². The molecule has 0 atom stereocenters. The van der Waals surface area contributed by atoms with Gasteiger partial charge in [-0.15, -0.1) is 0 Å². The number of ketones is 1. The number of ether oxygens (including phenoxy) is 1. The van der Waals surface area contributed by atoms with Crippen molar-refractivity contribution in [2.24, 2.45) is 0 Å². The van der Waals surface area contributed by atoms with Crippen LogP contribution in [0.15, 0.2) is 66.7 Å². The van der Waals surface area contributed by atoms with Crippen LogP contribution in [0, 0.1) is 0 Å².